The van der Waals surface area contributed by atoms with Crippen molar-refractivity contribution in [2.45, 2.75) is 0 Å². The third kappa shape index (κ3) is 1.93. The van der Waals surface area contributed by atoms with Gasteiger partial charge in [0.1, 0.15) is 5.69 Å². The van der Waals surface area contributed by atoms with E-state index in [2.05, 4.69) is 10.2 Å². The lowest BCUT2D eigenvalue weighted by atomic mass is 10.0. The Labute approximate surface area is 109 Å². The minimum Gasteiger partial charge on any atom is -0.478 e. The molecule has 4 heteroatoms. The van der Waals surface area contributed by atoms with Gasteiger partial charge in [-0.05, 0) is 6.07 Å². The fraction of sp³-hybridized carbons (Fsp3) is 0. The summed E-state index contributed by atoms with van der Waals surface area (Å²) in [6.07, 6.45) is 1.67. The first-order valence-electron chi connectivity index (χ1n) is 5.80. The number of fused-ring (bicyclic) bond motifs is 1. The van der Waals surface area contributed by atoms with Crippen molar-refractivity contribution < 1.29 is 9.90 Å². The summed E-state index contributed by atoms with van der Waals surface area (Å²) in [5, 5.41) is 19.1. The zero-order valence-electron chi connectivity index (χ0n) is 9.95. The summed E-state index contributed by atoms with van der Waals surface area (Å²) in [6.45, 7) is 0. The highest BCUT2D eigenvalue weighted by atomic mass is 16.4. The number of nitrogens with zero attached hydrogens (tertiary/aromatic N) is 2. The summed E-state index contributed by atoms with van der Waals surface area (Å²) in [4.78, 5) is 11.3. The molecule has 92 valence electrons. The lowest BCUT2D eigenvalue weighted by Gasteiger charge is -2.07. The van der Waals surface area contributed by atoms with E-state index < -0.39 is 5.97 Å². The predicted molar refractivity (Wildman–Crippen MR) is 71.9 cm³/mol. The molecule has 0 aliphatic heterocycles. The second-order valence-electron chi connectivity index (χ2n) is 4.13. The van der Waals surface area contributed by atoms with Crippen molar-refractivity contribution in [2.75, 3.05) is 0 Å². The van der Waals surface area contributed by atoms with Crippen LogP contribution >= 0.6 is 0 Å². The van der Waals surface area contributed by atoms with Gasteiger partial charge >= 0.3 is 5.97 Å². The summed E-state index contributed by atoms with van der Waals surface area (Å²) in [6, 6.07) is 14.5. The second kappa shape index (κ2) is 4.49. The minimum absolute atomic E-state index is 0.230. The number of rotatable bonds is 2. The number of hydrogen-bond acceptors (Lipinski definition) is 3. The van der Waals surface area contributed by atoms with E-state index in [1.54, 1.807) is 30.5 Å². The summed E-state index contributed by atoms with van der Waals surface area (Å²) in [5.74, 6) is -0.967. The first-order valence-corrected chi connectivity index (χ1v) is 5.80. The van der Waals surface area contributed by atoms with Crippen LogP contribution in [-0.4, -0.2) is 21.3 Å². The molecule has 0 fully saturated rings. The van der Waals surface area contributed by atoms with Gasteiger partial charge in [0.2, 0.25) is 0 Å². The van der Waals surface area contributed by atoms with Crippen molar-refractivity contribution in [3.63, 3.8) is 0 Å². The Morgan fingerprint density at radius 1 is 1.00 bits per heavy atom. The lowest BCUT2D eigenvalue weighted by molar-refractivity contribution is 0.0697. The molecule has 0 aliphatic rings. The number of carbonyl (C=O) groups is 1. The first-order chi connectivity index (χ1) is 9.27. The normalized spacial score (nSPS) is 10.5. The highest BCUT2D eigenvalue weighted by molar-refractivity contribution is 6.01. The molecule has 0 amide bonds. The molecule has 0 atom stereocenters. The van der Waals surface area contributed by atoms with Crippen molar-refractivity contribution in [1.29, 1.82) is 0 Å². The van der Waals surface area contributed by atoms with E-state index >= 15 is 0 Å². The van der Waals surface area contributed by atoms with Crippen LogP contribution in [0.25, 0.3) is 22.0 Å². The SMILES string of the molecule is O=C(O)c1ccccc1-c1nncc2ccccc12. The third-order valence-electron chi connectivity index (χ3n) is 2.98. The van der Waals surface area contributed by atoms with Gasteiger partial charge in [0.25, 0.3) is 0 Å². The largest absolute Gasteiger partial charge is 0.478 e. The maximum atomic E-state index is 11.3. The van der Waals surface area contributed by atoms with Crippen LogP contribution < -0.4 is 0 Å². The van der Waals surface area contributed by atoms with Crippen LogP contribution in [-0.2, 0) is 0 Å². The van der Waals surface area contributed by atoms with Gasteiger partial charge in [-0.1, -0.05) is 42.5 Å². The fourth-order valence-corrected chi connectivity index (χ4v) is 2.10. The van der Waals surface area contributed by atoms with Crippen LogP contribution in [0.15, 0.2) is 54.7 Å². The fourth-order valence-electron chi connectivity index (χ4n) is 2.10. The number of carboxylic acids is 1. The van der Waals surface area contributed by atoms with Gasteiger partial charge in [0.15, 0.2) is 0 Å². The molecule has 1 N–H and O–H groups in total. The molecular weight excluding hydrogens is 240 g/mol. The molecule has 3 rings (SSSR count). The molecule has 0 aliphatic carbocycles. The average molecular weight is 250 g/mol. The molecule has 1 heterocycles. The molecule has 2 aromatic carbocycles. The topological polar surface area (TPSA) is 63.1 Å². The van der Waals surface area contributed by atoms with Gasteiger partial charge in [0.05, 0.1) is 11.8 Å². The van der Waals surface area contributed by atoms with Crippen LogP contribution in [0.4, 0.5) is 0 Å². The number of aromatic carboxylic acids is 1. The lowest BCUT2D eigenvalue weighted by Crippen LogP contribution is -2.01. The van der Waals surface area contributed by atoms with Crippen molar-refractivity contribution in [2.24, 2.45) is 0 Å². The van der Waals surface area contributed by atoms with Crippen molar-refractivity contribution in [1.82, 2.24) is 10.2 Å². The van der Waals surface area contributed by atoms with Gasteiger partial charge in [0, 0.05) is 16.3 Å². The molecule has 0 radical (unpaired) electrons. The number of aromatic nitrogens is 2. The van der Waals surface area contributed by atoms with E-state index in [-0.39, 0.29) is 5.56 Å². The van der Waals surface area contributed by atoms with Crippen LogP contribution in [0.1, 0.15) is 10.4 Å². The zero-order chi connectivity index (χ0) is 13.2. The van der Waals surface area contributed by atoms with Gasteiger partial charge in [-0.2, -0.15) is 5.10 Å². The number of carboxylic acid groups (broad SMARTS) is 1. The average Bonchev–Trinajstić information content (AvgIpc) is 2.46. The minimum atomic E-state index is -0.967. The van der Waals surface area contributed by atoms with E-state index in [0.717, 1.165) is 10.8 Å². The molecule has 1 aromatic heterocycles. The van der Waals surface area contributed by atoms with Gasteiger partial charge in [-0.25, -0.2) is 4.79 Å². The van der Waals surface area contributed by atoms with Gasteiger partial charge < -0.3 is 5.11 Å². The summed E-state index contributed by atoms with van der Waals surface area (Å²) in [7, 11) is 0. The number of benzene rings is 2. The molecule has 4 nitrogen and oxygen atoms in total. The molecule has 0 saturated carbocycles. The Balaban J connectivity index is 2.34. The highest BCUT2D eigenvalue weighted by Gasteiger charge is 2.14. The van der Waals surface area contributed by atoms with Crippen LogP contribution in [0, 0.1) is 0 Å². The van der Waals surface area contributed by atoms with Crippen molar-refractivity contribution in [3.05, 3.63) is 60.3 Å². The van der Waals surface area contributed by atoms with E-state index in [1.165, 1.54) is 0 Å². The maximum Gasteiger partial charge on any atom is 0.336 e. The van der Waals surface area contributed by atoms with Crippen LogP contribution in [0.2, 0.25) is 0 Å². The Morgan fingerprint density at radius 3 is 2.58 bits per heavy atom. The monoisotopic (exact) mass is 250 g/mol. The summed E-state index contributed by atoms with van der Waals surface area (Å²) in [5.41, 5.74) is 1.41. The van der Waals surface area contributed by atoms with E-state index in [9.17, 15) is 9.90 Å². The Morgan fingerprint density at radius 2 is 1.74 bits per heavy atom. The summed E-state index contributed by atoms with van der Waals surface area (Å²) >= 11 is 0. The standard InChI is InChI=1S/C15H10N2O2/c18-15(19)13-8-4-3-7-12(13)14-11-6-2-1-5-10(11)9-16-17-14/h1-9H,(H,18,19). The van der Waals surface area contributed by atoms with E-state index in [0.29, 0.717) is 11.3 Å². The molecule has 3 aromatic rings. The highest BCUT2D eigenvalue weighted by Crippen LogP contribution is 2.28. The number of hydrogen-bond donors (Lipinski definition) is 1. The molecule has 19 heavy (non-hydrogen) atoms. The molecular formula is C15H10N2O2. The van der Waals surface area contributed by atoms with Crippen molar-refractivity contribution in [3.8, 4) is 11.3 Å². The Kier molecular flexibility index (Phi) is 2.68. The second-order valence-corrected chi connectivity index (χ2v) is 4.13. The summed E-state index contributed by atoms with van der Waals surface area (Å²) < 4.78 is 0. The van der Waals surface area contributed by atoms with Gasteiger partial charge in [-0.3, -0.25) is 0 Å². The van der Waals surface area contributed by atoms with E-state index in [4.69, 9.17) is 0 Å². The van der Waals surface area contributed by atoms with Crippen LogP contribution in [0.5, 0.6) is 0 Å². The Bertz CT molecular complexity index is 763. The Hall–Kier alpha value is -2.75. The molecule has 0 bridgehead atoms. The van der Waals surface area contributed by atoms with Gasteiger partial charge in [-0.15, -0.1) is 5.10 Å². The maximum absolute atomic E-state index is 11.3. The smallest absolute Gasteiger partial charge is 0.336 e. The molecule has 0 saturated heterocycles. The predicted octanol–water partition coefficient (Wildman–Crippen LogP) is 3.00. The molecule has 0 unspecified atom stereocenters. The quantitative estimate of drug-likeness (QED) is 0.759. The zero-order valence-corrected chi connectivity index (χ0v) is 9.95. The van der Waals surface area contributed by atoms with Crippen LogP contribution in [0.3, 0.4) is 0 Å². The van der Waals surface area contributed by atoms with Crippen molar-refractivity contribution >= 4 is 16.7 Å². The third-order valence-corrected chi connectivity index (χ3v) is 2.98. The first kappa shape index (κ1) is 11.3. The molecule has 0 spiro atoms. The van der Waals surface area contributed by atoms with E-state index in [1.807, 2.05) is 24.3 Å².